The van der Waals surface area contributed by atoms with Gasteiger partial charge >= 0.3 is 0 Å². The summed E-state index contributed by atoms with van der Waals surface area (Å²) >= 11 is 0. The van der Waals surface area contributed by atoms with Crippen molar-refractivity contribution in [3.8, 4) is 12.3 Å². The highest BCUT2D eigenvalue weighted by molar-refractivity contribution is 4.94. The van der Waals surface area contributed by atoms with E-state index in [2.05, 4.69) is 24.7 Å². The van der Waals surface area contributed by atoms with E-state index in [1.165, 1.54) is 19.4 Å². The number of rotatable bonds is 2. The largest absolute Gasteiger partial charge is 0.289 e. The molecule has 0 aliphatic carbocycles. The molecule has 1 aliphatic rings. The van der Waals surface area contributed by atoms with Gasteiger partial charge in [0.25, 0.3) is 0 Å². The Morgan fingerprint density at radius 3 is 2.91 bits per heavy atom. The number of nitrogens with zero attached hydrogens (tertiary/aromatic N) is 1. The molecule has 1 nitrogen and oxygen atoms in total. The summed E-state index contributed by atoms with van der Waals surface area (Å²) in [6, 6.07) is 0.742. The van der Waals surface area contributed by atoms with Gasteiger partial charge in [0.15, 0.2) is 0 Å². The molecule has 0 radical (unpaired) electrons. The van der Waals surface area contributed by atoms with Gasteiger partial charge in [0.05, 0.1) is 6.54 Å². The minimum atomic E-state index is 0.742. The zero-order valence-electron chi connectivity index (χ0n) is 7.51. The summed E-state index contributed by atoms with van der Waals surface area (Å²) in [7, 11) is 0. The van der Waals surface area contributed by atoms with Gasteiger partial charge < -0.3 is 0 Å². The Balaban J connectivity index is 2.48. The van der Waals surface area contributed by atoms with E-state index in [9.17, 15) is 0 Å². The second-order valence-electron chi connectivity index (χ2n) is 3.42. The van der Waals surface area contributed by atoms with Crippen molar-refractivity contribution in [2.24, 2.45) is 5.92 Å². The summed E-state index contributed by atoms with van der Waals surface area (Å²) in [4.78, 5) is 2.42. The van der Waals surface area contributed by atoms with Crippen LogP contribution in [0.2, 0.25) is 0 Å². The molecule has 1 heteroatoms. The molecule has 0 aromatic carbocycles. The van der Waals surface area contributed by atoms with E-state index in [0.29, 0.717) is 0 Å². The number of hydrogen-bond donors (Lipinski definition) is 0. The predicted octanol–water partition coefficient (Wildman–Crippen LogP) is 1.74. The summed E-state index contributed by atoms with van der Waals surface area (Å²) in [5.41, 5.74) is 0. The average molecular weight is 151 g/mol. The molecule has 2 unspecified atom stereocenters. The van der Waals surface area contributed by atoms with Gasteiger partial charge in [0.2, 0.25) is 0 Å². The molecule has 1 heterocycles. The summed E-state index contributed by atoms with van der Waals surface area (Å²) in [5, 5.41) is 0. The Kier molecular flexibility index (Phi) is 2.96. The highest BCUT2D eigenvalue weighted by Crippen LogP contribution is 2.25. The third-order valence-electron chi connectivity index (χ3n) is 2.71. The van der Waals surface area contributed by atoms with E-state index >= 15 is 0 Å². The molecule has 0 spiro atoms. The van der Waals surface area contributed by atoms with E-state index in [4.69, 9.17) is 6.42 Å². The zero-order valence-corrected chi connectivity index (χ0v) is 7.51. The zero-order chi connectivity index (χ0) is 8.27. The maximum absolute atomic E-state index is 5.28. The van der Waals surface area contributed by atoms with Crippen molar-refractivity contribution in [2.45, 2.75) is 32.7 Å². The Morgan fingerprint density at radius 2 is 2.36 bits per heavy atom. The van der Waals surface area contributed by atoms with E-state index in [-0.39, 0.29) is 0 Å². The van der Waals surface area contributed by atoms with Gasteiger partial charge in [-0.25, -0.2) is 0 Å². The van der Waals surface area contributed by atoms with Crippen molar-refractivity contribution >= 4 is 0 Å². The molecule has 62 valence electrons. The second kappa shape index (κ2) is 3.78. The van der Waals surface area contributed by atoms with Crippen molar-refractivity contribution in [3.05, 3.63) is 0 Å². The topological polar surface area (TPSA) is 3.24 Å². The highest BCUT2D eigenvalue weighted by Gasteiger charge is 2.28. The smallest absolute Gasteiger partial charge is 0.0601 e. The van der Waals surface area contributed by atoms with Crippen molar-refractivity contribution < 1.29 is 0 Å². The fourth-order valence-corrected chi connectivity index (χ4v) is 2.06. The van der Waals surface area contributed by atoms with Crippen molar-refractivity contribution in [1.29, 1.82) is 0 Å². The first kappa shape index (κ1) is 8.62. The lowest BCUT2D eigenvalue weighted by Crippen LogP contribution is -2.31. The van der Waals surface area contributed by atoms with Crippen LogP contribution in [0.3, 0.4) is 0 Å². The Hall–Kier alpha value is -0.480. The monoisotopic (exact) mass is 151 g/mol. The fourth-order valence-electron chi connectivity index (χ4n) is 2.06. The summed E-state index contributed by atoms with van der Waals surface area (Å²) < 4.78 is 0. The first-order chi connectivity index (χ1) is 5.29. The lowest BCUT2D eigenvalue weighted by molar-refractivity contribution is 0.251. The molecule has 0 amide bonds. The van der Waals surface area contributed by atoms with Crippen LogP contribution in [0.4, 0.5) is 0 Å². The molecule has 0 saturated carbocycles. The first-order valence-electron chi connectivity index (χ1n) is 4.47. The Morgan fingerprint density at radius 1 is 1.64 bits per heavy atom. The minimum absolute atomic E-state index is 0.742. The van der Waals surface area contributed by atoms with Crippen LogP contribution in [0.1, 0.15) is 26.7 Å². The van der Waals surface area contributed by atoms with Crippen molar-refractivity contribution in [2.75, 3.05) is 13.1 Å². The Labute approximate surface area is 69.8 Å². The maximum Gasteiger partial charge on any atom is 0.0601 e. The van der Waals surface area contributed by atoms with Gasteiger partial charge in [-0.05, 0) is 25.3 Å². The van der Waals surface area contributed by atoms with Gasteiger partial charge in [-0.2, -0.15) is 0 Å². The molecule has 1 saturated heterocycles. The average Bonchev–Trinajstić information content (AvgIpc) is 2.33. The molecule has 11 heavy (non-hydrogen) atoms. The van der Waals surface area contributed by atoms with Crippen LogP contribution in [0, 0.1) is 18.3 Å². The fraction of sp³-hybridized carbons (Fsp3) is 0.800. The SMILES string of the molecule is C#CCN1CCC(C)C1CC. The van der Waals surface area contributed by atoms with E-state index in [1.807, 2.05) is 0 Å². The molecule has 2 atom stereocenters. The standard InChI is InChI=1S/C10H17N/c1-4-7-11-8-6-9(3)10(11)5-2/h1,9-10H,5-8H2,2-3H3. The number of hydrogen-bond acceptors (Lipinski definition) is 1. The third-order valence-corrected chi connectivity index (χ3v) is 2.71. The van der Waals surface area contributed by atoms with E-state index < -0.39 is 0 Å². The third kappa shape index (κ3) is 1.75. The van der Waals surface area contributed by atoms with Gasteiger partial charge in [-0.15, -0.1) is 6.42 Å². The molecule has 0 N–H and O–H groups in total. The number of likely N-dealkylation sites (tertiary alicyclic amines) is 1. The summed E-state index contributed by atoms with van der Waals surface area (Å²) in [5.74, 6) is 3.56. The molecule has 1 aliphatic heterocycles. The van der Waals surface area contributed by atoms with Crippen molar-refractivity contribution in [1.82, 2.24) is 4.90 Å². The Bertz CT molecular complexity index is 157. The molecule has 1 rings (SSSR count). The van der Waals surface area contributed by atoms with Crippen LogP contribution in [0.25, 0.3) is 0 Å². The van der Waals surface area contributed by atoms with Gasteiger partial charge in [0.1, 0.15) is 0 Å². The summed E-state index contributed by atoms with van der Waals surface area (Å²) in [6.07, 6.45) is 7.84. The highest BCUT2D eigenvalue weighted by atomic mass is 15.2. The molecular weight excluding hydrogens is 134 g/mol. The van der Waals surface area contributed by atoms with Gasteiger partial charge in [-0.1, -0.05) is 19.8 Å². The van der Waals surface area contributed by atoms with Gasteiger partial charge in [-0.3, -0.25) is 4.90 Å². The molecular formula is C10H17N. The normalized spacial score (nSPS) is 32.1. The number of terminal acetylenes is 1. The minimum Gasteiger partial charge on any atom is -0.289 e. The quantitative estimate of drug-likeness (QED) is 0.543. The van der Waals surface area contributed by atoms with Crippen LogP contribution >= 0.6 is 0 Å². The molecule has 0 bridgehead atoms. The van der Waals surface area contributed by atoms with Crippen molar-refractivity contribution in [3.63, 3.8) is 0 Å². The van der Waals surface area contributed by atoms with Crippen LogP contribution in [-0.4, -0.2) is 24.0 Å². The van der Waals surface area contributed by atoms with Crippen LogP contribution in [0.5, 0.6) is 0 Å². The molecule has 1 fully saturated rings. The van der Waals surface area contributed by atoms with Crippen LogP contribution < -0.4 is 0 Å². The van der Waals surface area contributed by atoms with Gasteiger partial charge in [0, 0.05) is 6.04 Å². The molecule has 0 aromatic rings. The second-order valence-corrected chi connectivity index (χ2v) is 3.42. The predicted molar refractivity (Wildman–Crippen MR) is 48.3 cm³/mol. The van der Waals surface area contributed by atoms with E-state index in [1.54, 1.807) is 0 Å². The molecule has 0 aromatic heterocycles. The lowest BCUT2D eigenvalue weighted by atomic mass is 10.0. The van der Waals surface area contributed by atoms with E-state index in [0.717, 1.165) is 18.5 Å². The van der Waals surface area contributed by atoms with Crippen LogP contribution in [-0.2, 0) is 0 Å². The lowest BCUT2D eigenvalue weighted by Gasteiger charge is -2.23. The maximum atomic E-state index is 5.28. The van der Waals surface area contributed by atoms with Crippen LogP contribution in [0.15, 0.2) is 0 Å². The summed E-state index contributed by atoms with van der Waals surface area (Å²) in [6.45, 7) is 6.60. The first-order valence-corrected chi connectivity index (χ1v) is 4.47.